The quantitative estimate of drug-likeness (QED) is 0.672. The Morgan fingerprint density at radius 1 is 1.13 bits per heavy atom. The lowest BCUT2D eigenvalue weighted by Gasteiger charge is -2.17. The topological polar surface area (TPSA) is 60.8 Å². The fourth-order valence-corrected chi connectivity index (χ4v) is 1.74. The summed E-state index contributed by atoms with van der Waals surface area (Å²) >= 11 is 0. The first-order chi connectivity index (χ1) is 7.20. The van der Waals surface area contributed by atoms with Crippen molar-refractivity contribution in [2.45, 2.75) is 12.2 Å². The van der Waals surface area contributed by atoms with Crippen LogP contribution in [0.2, 0.25) is 0 Å². The molecule has 0 bridgehead atoms. The van der Waals surface area contributed by atoms with Crippen molar-refractivity contribution < 1.29 is 15.0 Å². The average Bonchev–Trinajstić information content (AvgIpc) is 2.59. The van der Waals surface area contributed by atoms with E-state index in [2.05, 4.69) is 0 Å². The standard InChI is InChI=1S/C11H13NO3/c13-7-8-1-3-9(4-2-8)12-5-10(14)11(15)6-12/h1-4,7,10-11,14-15H,5-6H2/t10-,11+. The minimum absolute atomic E-state index is 0.432. The molecule has 0 amide bonds. The van der Waals surface area contributed by atoms with Gasteiger partial charge in [-0.2, -0.15) is 0 Å². The van der Waals surface area contributed by atoms with Crippen LogP contribution in [0.15, 0.2) is 24.3 Å². The predicted octanol–water partition coefficient (Wildman–Crippen LogP) is 0.0409. The highest BCUT2D eigenvalue weighted by Crippen LogP contribution is 2.20. The zero-order valence-electron chi connectivity index (χ0n) is 8.21. The Bertz CT molecular complexity index is 339. The Kier molecular flexibility index (Phi) is 2.70. The van der Waals surface area contributed by atoms with Crippen LogP contribution >= 0.6 is 0 Å². The molecule has 1 saturated heterocycles. The summed E-state index contributed by atoms with van der Waals surface area (Å²) in [5, 5.41) is 18.8. The second-order valence-corrected chi connectivity index (χ2v) is 3.75. The van der Waals surface area contributed by atoms with Crippen molar-refractivity contribution in [1.29, 1.82) is 0 Å². The molecule has 4 heteroatoms. The van der Waals surface area contributed by atoms with Crippen LogP contribution in [-0.4, -0.2) is 41.8 Å². The molecule has 2 N–H and O–H groups in total. The molecule has 1 fully saturated rings. The molecule has 1 aromatic rings. The predicted molar refractivity (Wildman–Crippen MR) is 56.1 cm³/mol. The molecule has 80 valence electrons. The Morgan fingerprint density at radius 3 is 2.13 bits per heavy atom. The monoisotopic (exact) mass is 207 g/mol. The van der Waals surface area contributed by atoms with Crippen molar-refractivity contribution in [3.05, 3.63) is 29.8 Å². The summed E-state index contributed by atoms with van der Waals surface area (Å²) in [4.78, 5) is 12.3. The molecule has 0 aromatic heterocycles. The smallest absolute Gasteiger partial charge is 0.150 e. The molecule has 2 rings (SSSR count). The van der Waals surface area contributed by atoms with Crippen molar-refractivity contribution in [1.82, 2.24) is 0 Å². The lowest BCUT2D eigenvalue weighted by molar-refractivity contribution is 0.0572. The highest BCUT2D eigenvalue weighted by Gasteiger charge is 2.29. The van der Waals surface area contributed by atoms with E-state index in [0.29, 0.717) is 18.7 Å². The summed E-state index contributed by atoms with van der Waals surface area (Å²) in [6.07, 6.45) is -0.580. The first kappa shape index (κ1) is 10.1. The van der Waals surface area contributed by atoms with Gasteiger partial charge < -0.3 is 15.1 Å². The maximum absolute atomic E-state index is 10.4. The second kappa shape index (κ2) is 4.00. The third-order valence-corrected chi connectivity index (χ3v) is 2.65. The number of nitrogens with zero attached hydrogens (tertiary/aromatic N) is 1. The normalized spacial score (nSPS) is 25.6. The van der Waals surface area contributed by atoms with Crippen LogP contribution in [0.1, 0.15) is 10.4 Å². The molecular formula is C11H13NO3. The van der Waals surface area contributed by atoms with Crippen LogP contribution in [0.3, 0.4) is 0 Å². The van der Waals surface area contributed by atoms with E-state index in [9.17, 15) is 15.0 Å². The zero-order chi connectivity index (χ0) is 10.8. The van der Waals surface area contributed by atoms with Crippen LogP contribution < -0.4 is 4.90 Å². The maximum atomic E-state index is 10.4. The van der Waals surface area contributed by atoms with Crippen LogP contribution in [-0.2, 0) is 0 Å². The van der Waals surface area contributed by atoms with Gasteiger partial charge in [-0.05, 0) is 24.3 Å². The first-order valence-electron chi connectivity index (χ1n) is 4.87. The molecule has 0 saturated carbocycles. The number of aliphatic hydroxyl groups excluding tert-OH is 2. The van der Waals surface area contributed by atoms with Gasteiger partial charge in [0, 0.05) is 24.3 Å². The van der Waals surface area contributed by atoms with Gasteiger partial charge in [0.1, 0.15) is 6.29 Å². The van der Waals surface area contributed by atoms with E-state index in [1.807, 2.05) is 17.0 Å². The van der Waals surface area contributed by atoms with Crippen molar-refractivity contribution in [3.63, 3.8) is 0 Å². The van der Waals surface area contributed by atoms with Gasteiger partial charge in [0.15, 0.2) is 0 Å². The van der Waals surface area contributed by atoms with Gasteiger partial charge >= 0.3 is 0 Å². The number of carbonyl (C=O) groups excluding carboxylic acids is 1. The number of anilines is 1. The van der Waals surface area contributed by atoms with E-state index >= 15 is 0 Å². The van der Waals surface area contributed by atoms with E-state index in [4.69, 9.17) is 0 Å². The Labute approximate surface area is 87.8 Å². The second-order valence-electron chi connectivity index (χ2n) is 3.75. The molecule has 2 atom stereocenters. The summed E-state index contributed by atoms with van der Waals surface area (Å²) in [6.45, 7) is 0.864. The highest BCUT2D eigenvalue weighted by molar-refractivity contribution is 5.75. The van der Waals surface area contributed by atoms with Gasteiger partial charge in [0.25, 0.3) is 0 Å². The van der Waals surface area contributed by atoms with Gasteiger partial charge in [-0.1, -0.05) is 0 Å². The molecule has 0 radical (unpaired) electrons. The van der Waals surface area contributed by atoms with E-state index in [1.54, 1.807) is 12.1 Å². The number of β-amino-alcohol motifs (C(OH)–C–C–N with tert-alkyl or cyclic N) is 2. The van der Waals surface area contributed by atoms with Crippen LogP contribution in [0, 0.1) is 0 Å². The number of aliphatic hydroxyl groups is 2. The minimum Gasteiger partial charge on any atom is -0.389 e. The van der Waals surface area contributed by atoms with E-state index in [1.165, 1.54) is 0 Å². The van der Waals surface area contributed by atoms with E-state index < -0.39 is 12.2 Å². The molecule has 4 nitrogen and oxygen atoms in total. The molecule has 1 aromatic carbocycles. The van der Waals surface area contributed by atoms with Crippen molar-refractivity contribution in [2.24, 2.45) is 0 Å². The van der Waals surface area contributed by atoms with Gasteiger partial charge in [-0.15, -0.1) is 0 Å². The number of carbonyl (C=O) groups is 1. The Morgan fingerprint density at radius 2 is 1.67 bits per heavy atom. The summed E-state index contributed by atoms with van der Waals surface area (Å²) in [5.74, 6) is 0. The largest absolute Gasteiger partial charge is 0.389 e. The van der Waals surface area contributed by atoms with E-state index in [-0.39, 0.29) is 0 Å². The van der Waals surface area contributed by atoms with Gasteiger partial charge in [0.2, 0.25) is 0 Å². The number of rotatable bonds is 2. The lowest BCUT2D eigenvalue weighted by atomic mass is 10.2. The summed E-state index contributed by atoms with van der Waals surface area (Å²) in [5.41, 5.74) is 1.54. The number of aldehydes is 1. The lowest BCUT2D eigenvalue weighted by Crippen LogP contribution is -2.22. The molecule has 1 aliphatic rings. The van der Waals surface area contributed by atoms with Gasteiger partial charge in [0.05, 0.1) is 12.2 Å². The molecule has 0 spiro atoms. The Balaban J connectivity index is 2.13. The first-order valence-corrected chi connectivity index (χ1v) is 4.87. The fraction of sp³-hybridized carbons (Fsp3) is 0.364. The minimum atomic E-state index is -0.684. The highest BCUT2D eigenvalue weighted by atomic mass is 16.3. The van der Waals surface area contributed by atoms with E-state index in [0.717, 1.165) is 12.0 Å². The fourth-order valence-electron chi connectivity index (χ4n) is 1.74. The van der Waals surface area contributed by atoms with Crippen molar-refractivity contribution >= 4 is 12.0 Å². The van der Waals surface area contributed by atoms with Crippen LogP contribution in [0.5, 0.6) is 0 Å². The third kappa shape index (κ3) is 2.00. The molecule has 15 heavy (non-hydrogen) atoms. The summed E-state index contributed by atoms with van der Waals surface area (Å²) in [7, 11) is 0. The summed E-state index contributed by atoms with van der Waals surface area (Å²) in [6, 6.07) is 7.07. The molecule has 1 aliphatic heterocycles. The molecule has 0 aliphatic carbocycles. The van der Waals surface area contributed by atoms with Crippen molar-refractivity contribution in [2.75, 3.05) is 18.0 Å². The Hall–Kier alpha value is -1.39. The van der Waals surface area contributed by atoms with Crippen molar-refractivity contribution in [3.8, 4) is 0 Å². The third-order valence-electron chi connectivity index (χ3n) is 2.65. The SMILES string of the molecule is O=Cc1ccc(N2C[C@@H](O)[C@@H](O)C2)cc1. The van der Waals surface area contributed by atoms with Crippen LogP contribution in [0.4, 0.5) is 5.69 Å². The number of hydrogen-bond acceptors (Lipinski definition) is 4. The van der Waals surface area contributed by atoms with Gasteiger partial charge in [-0.25, -0.2) is 0 Å². The zero-order valence-corrected chi connectivity index (χ0v) is 8.21. The molecular weight excluding hydrogens is 194 g/mol. The summed E-state index contributed by atoms with van der Waals surface area (Å²) < 4.78 is 0. The number of benzene rings is 1. The average molecular weight is 207 g/mol. The maximum Gasteiger partial charge on any atom is 0.150 e. The molecule has 0 unspecified atom stereocenters. The molecule has 1 heterocycles. The van der Waals surface area contributed by atoms with Gasteiger partial charge in [-0.3, -0.25) is 4.79 Å². The van der Waals surface area contributed by atoms with Crippen LogP contribution in [0.25, 0.3) is 0 Å². The number of hydrogen-bond donors (Lipinski definition) is 2.